The minimum atomic E-state index is 0.371. The van der Waals surface area contributed by atoms with Crippen LogP contribution in [0.25, 0.3) is 0 Å². The topological polar surface area (TPSA) is 79.1 Å². The fraction of sp³-hybridized carbons (Fsp3) is 0.750. The van der Waals surface area contributed by atoms with E-state index in [9.17, 15) is 0 Å². The van der Waals surface area contributed by atoms with Crippen LogP contribution < -0.4 is 21.3 Å². The Hall–Kier alpha value is -1.56. The summed E-state index contributed by atoms with van der Waals surface area (Å²) in [6.45, 7) is 2.01. The number of nitrogens with two attached hydrogens (primary N) is 1. The zero-order valence-electron chi connectivity index (χ0n) is 13.3. The van der Waals surface area contributed by atoms with Crippen molar-refractivity contribution in [3.05, 3.63) is 6.07 Å². The molecule has 0 radical (unpaired) electrons. The predicted octanol–water partition coefficient (Wildman–Crippen LogP) is 1.46. The van der Waals surface area contributed by atoms with Gasteiger partial charge in [0, 0.05) is 31.2 Å². The Labute approximate surface area is 131 Å². The lowest BCUT2D eigenvalue weighted by Gasteiger charge is -2.24. The summed E-state index contributed by atoms with van der Waals surface area (Å²) in [5.41, 5.74) is 5.94. The van der Waals surface area contributed by atoms with E-state index in [-0.39, 0.29) is 0 Å². The highest BCUT2D eigenvalue weighted by Crippen LogP contribution is 2.45. The molecular formula is C16H26N6. The maximum absolute atomic E-state index is 5.94. The molecule has 1 aliphatic heterocycles. The van der Waals surface area contributed by atoms with Crippen LogP contribution >= 0.6 is 0 Å². The van der Waals surface area contributed by atoms with Crippen LogP contribution in [0.2, 0.25) is 0 Å². The van der Waals surface area contributed by atoms with E-state index in [1.165, 1.54) is 25.7 Å². The number of fused-ring (bicyclic) bond motifs is 2. The van der Waals surface area contributed by atoms with Crippen LogP contribution in [-0.2, 0) is 0 Å². The van der Waals surface area contributed by atoms with Crippen molar-refractivity contribution in [3.8, 4) is 0 Å². The second-order valence-corrected chi connectivity index (χ2v) is 7.12. The van der Waals surface area contributed by atoms with E-state index >= 15 is 0 Å². The first kappa shape index (κ1) is 14.1. The smallest absolute Gasteiger partial charge is 0.223 e. The SMILES string of the molecule is CN[C@@H]1CCN(c2cc(N[C@H]3C[C@H]4CC[C@@H]3C4)nc(N)n2)C1. The van der Waals surface area contributed by atoms with Crippen molar-refractivity contribution in [1.82, 2.24) is 15.3 Å². The molecule has 0 amide bonds. The van der Waals surface area contributed by atoms with Crippen molar-refractivity contribution in [1.29, 1.82) is 0 Å². The number of hydrogen-bond acceptors (Lipinski definition) is 6. The number of likely N-dealkylation sites (N-methyl/N-ethyl adjacent to an activating group) is 1. The van der Waals surface area contributed by atoms with Gasteiger partial charge in [-0.15, -0.1) is 0 Å². The molecule has 3 fully saturated rings. The molecule has 4 rings (SSSR count). The van der Waals surface area contributed by atoms with Gasteiger partial charge in [0.25, 0.3) is 0 Å². The molecular weight excluding hydrogens is 276 g/mol. The van der Waals surface area contributed by atoms with Crippen LogP contribution in [0.4, 0.5) is 17.6 Å². The van der Waals surface area contributed by atoms with Gasteiger partial charge in [0.05, 0.1) is 0 Å². The van der Waals surface area contributed by atoms with Gasteiger partial charge in [0.15, 0.2) is 0 Å². The molecule has 4 atom stereocenters. The third kappa shape index (κ3) is 2.60. The van der Waals surface area contributed by atoms with Gasteiger partial charge in [0.2, 0.25) is 5.95 Å². The van der Waals surface area contributed by atoms with Gasteiger partial charge in [-0.1, -0.05) is 6.42 Å². The average Bonchev–Trinajstić information content (AvgIpc) is 3.23. The minimum Gasteiger partial charge on any atom is -0.368 e. The number of nitrogens with zero attached hydrogens (tertiary/aromatic N) is 3. The highest BCUT2D eigenvalue weighted by Gasteiger charge is 2.39. The average molecular weight is 302 g/mol. The predicted molar refractivity (Wildman–Crippen MR) is 89.0 cm³/mol. The Morgan fingerprint density at radius 1 is 1.23 bits per heavy atom. The summed E-state index contributed by atoms with van der Waals surface area (Å²) in [5.74, 6) is 3.97. The van der Waals surface area contributed by atoms with Gasteiger partial charge in [-0.25, -0.2) is 0 Å². The third-order valence-electron chi connectivity index (χ3n) is 5.72. The molecule has 3 aliphatic rings. The molecule has 1 aromatic heterocycles. The molecule has 2 saturated carbocycles. The summed E-state index contributed by atoms with van der Waals surface area (Å²) in [6.07, 6.45) is 6.61. The molecule has 0 unspecified atom stereocenters. The molecule has 6 heteroatoms. The number of nitrogen functional groups attached to an aromatic ring is 1. The summed E-state index contributed by atoms with van der Waals surface area (Å²) < 4.78 is 0. The molecule has 2 aliphatic carbocycles. The minimum absolute atomic E-state index is 0.371. The summed E-state index contributed by atoms with van der Waals surface area (Å²) in [6, 6.07) is 3.18. The number of rotatable bonds is 4. The van der Waals surface area contributed by atoms with E-state index in [4.69, 9.17) is 5.73 Å². The fourth-order valence-corrected chi connectivity index (χ4v) is 4.50. The van der Waals surface area contributed by atoms with Crippen LogP contribution in [0.1, 0.15) is 32.1 Å². The fourth-order valence-electron chi connectivity index (χ4n) is 4.50. The summed E-state index contributed by atoms with van der Waals surface area (Å²) >= 11 is 0. The summed E-state index contributed by atoms with van der Waals surface area (Å²) in [7, 11) is 2.02. The molecule has 6 nitrogen and oxygen atoms in total. The molecule has 4 N–H and O–H groups in total. The van der Waals surface area contributed by atoms with Crippen molar-refractivity contribution < 1.29 is 0 Å². The van der Waals surface area contributed by atoms with Crippen molar-refractivity contribution in [2.45, 2.75) is 44.2 Å². The molecule has 1 aromatic rings. The van der Waals surface area contributed by atoms with Crippen LogP contribution in [-0.4, -0.2) is 42.2 Å². The number of aromatic nitrogens is 2. The third-order valence-corrected chi connectivity index (χ3v) is 5.72. The molecule has 120 valence electrons. The first-order valence-electron chi connectivity index (χ1n) is 8.54. The Morgan fingerprint density at radius 2 is 2.14 bits per heavy atom. The monoisotopic (exact) mass is 302 g/mol. The molecule has 0 aromatic carbocycles. The van der Waals surface area contributed by atoms with E-state index < -0.39 is 0 Å². The number of nitrogens with one attached hydrogen (secondary N) is 2. The van der Waals surface area contributed by atoms with E-state index in [0.717, 1.165) is 43.0 Å². The first-order chi connectivity index (χ1) is 10.7. The van der Waals surface area contributed by atoms with Gasteiger partial charge in [0.1, 0.15) is 11.6 Å². The molecule has 22 heavy (non-hydrogen) atoms. The maximum Gasteiger partial charge on any atom is 0.223 e. The Bertz CT molecular complexity index is 547. The molecule has 1 saturated heterocycles. The van der Waals surface area contributed by atoms with Gasteiger partial charge < -0.3 is 21.3 Å². The van der Waals surface area contributed by atoms with Crippen LogP contribution in [0.15, 0.2) is 6.07 Å². The largest absolute Gasteiger partial charge is 0.368 e. The highest BCUT2D eigenvalue weighted by atomic mass is 15.3. The van der Waals surface area contributed by atoms with Gasteiger partial charge in [-0.05, 0) is 44.6 Å². The lowest BCUT2D eigenvalue weighted by atomic mass is 9.95. The standard InChI is InChI=1S/C16H26N6/c1-18-12-4-5-22(9-12)15-8-14(20-16(17)21-15)19-13-7-10-2-3-11(13)6-10/h8,10-13,18H,2-7,9H2,1H3,(H3,17,19,20,21)/t10-,11+,12+,13-/m0/s1. The van der Waals surface area contributed by atoms with Gasteiger partial charge in [-0.2, -0.15) is 9.97 Å². The van der Waals surface area contributed by atoms with Crippen LogP contribution in [0.3, 0.4) is 0 Å². The normalized spacial score (nSPS) is 33.6. The second kappa shape index (κ2) is 5.57. The summed E-state index contributed by atoms with van der Waals surface area (Å²) in [4.78, 5) is 11.1. The van der Waals surface area contributed by atoms with Crippen molar-refractivity contribution in [2.24, 2.45) is 11.8 Å². The lowest BCUT2D eigenvalue weighted by Crippen LogP contribution is -2.30. The molecule has 2 bridgehead atoms. The van der Waals surface area contributed by atoms with Crippen LogP contribution in [0.5, 0.6) is 0 Å². The summed E-state index contributed by atoms with van der Waals surface area (Å²) in [5, 5.41) is 6.97. The lowest BCUT2D eigenvalue weighted by molar-refractivity contribution is 0.439. The highest BCUT2D eigenvalue weighted by molar-refractivity contribution is 5.54. The number of anilines is 3. The second-order valence-electron chi connectivity index (χ2n) is 7.12. The zero-order valence-corrected chi connectivity index (χ0v) is 13.3. The zero-order chi connectivity index (χ0) is 15.1. The van der Waals surface area contributed by atoms with Crippen molar-refractivity contribution in [3.63, 3.8) is 0 Å². The Morgan fingerprint density at radius 3 is 2.82 bits per heavy atom. The van der Waals surface area contributed by atoms with E-state index in [2.05, 4.69) is 31.6 Å². The van der Waals surface area contributed by atoms with Crippen LogP contribution in [0, 0.1) is 11.8 Å². The Balaban J connectivity index is 1.49. The molecule has 0 spiro atoms. The van der Waals surface area contributed by atoms with E-state index in [1.54, 1.807) is 0 Å². The maximum atomic E-state index is 5.94. The van der Waals surface area contributed by atoms with Gasteiger partial charge >= 0.3 is 0 Å². The molecule has 2 heterocycles. The number of hydrogen-bond donors (Lipinski definition) is 3. The quantitative estimate of drug-likeness (QED) is 0.781. The first-order valence-corrected chi connectivity index (χ1v) is 8.54. The van der Waals surface area contributed by atoms with E-state index in [1.807, 2.05) is 7.05 Å². The van der Waals surface area contributed by atoms with E-state index in [0.29, 0.717) is 18.0 Å². The van der Waals surface area contributed by atoms with Crippen molar-refractivity contribution >= 4 is 17.6 Å². The Kier molecular flexibility index (Phi) is 3.56. The van der Waals surface area contributed by atoms with Gasteiger partial charge in [-0.3, -0.25) is 0 Å². The van der Waals surface area contributed by atoms with Crippen molar-refractivity contribution in [2.75, 3.05) is 36.1 Å².